The van der Waals surface area contributed by atoms with Crippen molar-refractivity contribution in [2.75, 3.05) is 6.61 Å². The topological polar surface area (TPSA) is 33.0 Å². The van der Waals surface area contributed by atoms with Crippen molar-refractivity contribution in [3.63, 3.8) is 0 Å². The molecule has 0 amide bonds. The Morgan fingerprint density at radius 2 is 1.54 bits per heavy atom. The van der Waals surface area contributed by atoms with Gasteiger partial charge >= 0.3 is 0 Å². The van der Waals surface area contributed by atoms with Crippen LogP contribution in [0.15, 0.2) is 48.6 Å². The average molecular weight is 476 g/mol. The van der Waals surface area contributed by atoms with E-state index in [1.165, 1.54) is 68.9 Å². The Morgan fingerprint density at radius 3 is 2.17 bits per heavy atom. The highest BCUT2D eigenvalue weighted by atomic mass is 16.5. The SMILES string of the molecule is CCCCCCCCOC1(C2CCC(C#N)(CCCCCC)CC2)C=CC(c2ccccc2)=CC1. The Kier molecular flexibility index (Phi) is 11.6. The molecule has 1 unspecified atom stereocenters. The third kappa shape index (κ3) is 8.08. The lowest BCUT2D eigenvalue weighted by Gasteiger charge is -2.45. The van der Waals surface area contributed by atoms with Crippen LogP contribution < -0.4 is 0 Å². The Balaban J connectivity index is 1.62. The van der Waals surface area contributed by atoms with Crippen molar-refractivity contribution in [3.05, 3.63) is 54.1 Å². The van der Waals surface area contributed by atoms with Crippen molar-refractivity contribution in [2.45, 2.75) is 122 Å². The van der Waals surface area contributed by atoms with E-state index in [-0.39, 0.29) is 11.0 Å². The van der Waals surface area contributed by atoms with Gasteiger partial charge < -0.3 is 4.74 Å². The van der Waals surface area contributed by atoms with Gasteiger partial charge in [0, 0.05) is 6.61 Å². The van der Waals surface area contributed by atoms with Gasteiger partial charge in [-0.15, -0.1) is 0 Å². The van der Waals surface area contributed by atoms with Gasteiger partial charge in [-0.1, -0.05) is 120 Å². The minimum absolute atomic E-state index is 0.103. The van der Waals surface area contributed by atoms with Crippen LogP contribution in [-0.2, 0) is 4.74 Å². The summed E-state index contributed by atoms with van der Waals surface area (Å²) in [7, 11) is 0. The zero-order chi connectivity index (χ0) is 24.8. The molecule has 1 saturated carbocycles. The van der Waals surface area contributed by atoms with Gasteiger partial charge in [-0.3, -0.25) is 0 Å². The van der Waals surface area contributed by atoms with Crippen molar-refractivity contribution in [1.29, 1.82) is 5.26 Å². The second kappa shape index (κ2) is 14.6. The van der Waals surface area contributed by atoms with Crippen molar-refractivity contribution < 1.29 is 4.74 Å². The summed E-state index contributed by atoms with van der Waals surface area (Å²) >= 11 is 0. The maximum atomic E-state index is 10.1. The smallest absolute Gasteiger partial charge is 0.0928 e. The number of unbranched alkanes of at least 4 members (excludes halogenated alkanes) is 8. The molecule has 35 heavy (non-hydrogen) atoms. The van der Waals surface area contributed by atoms with E-state index in [2.05, 4.69) is 68.5 Å². The minimum atomic E-state index is -0.203. The van der Waals surface area contributed by atoms with Crippen LogP contribution in [0.5, 0.6) is 0 Å². The Morgan fingerprint density at radius 1 is 0.886 bits per heavy atom. The highest BCUT2D eigenvalue weighted by molar-refractivity contribution is 5.75. The molecule has 0 spiro atoms. The summed E-state index contributed by atoms with van der Waals surface area (Å²) in [5.74, 6) is 0.504. The number of hydrogen-bond acceptors (Lipinski definition) is 2. The van der Waals surface area contributed by atoms with Crippen LogP contribution in [0.2, 0.25) is 0 Å². The first-order chi connectivity index (χ1) is 17.2. The average Bonchev–Trinajstić information content (AvgIpc) is 2.92. The number of allylic oxidation sites excluding steroid dienone is 2. The molecule has 2 nitrogen and oxygen atoms in total. The van der Waals surface area contributed by atoms with Crippen molar-refractivity contribution in [1.82, 2.24) is 0 Å². The fourth-order valence-corrected chi connectivity index (χ4v) is 6.12. The van der Waals surface area contributed by atoms with Crippen molar-refractivity contribution in [3.8, 4) is 6.07 Å². The molecule has 0 bridgehead atoms. The lowest BCUT2D eigenvalue weighted by atomic mass is 9.63. The van der Waals surface area contributed by atoms with E-state index in [1.54, 1.807) is 0 Å². The van der Waals surface area contributed by atoms with Crippen LogP contribution in [-0.4, -0.2) is 12.2 Å². The third-order valence-electron chi connectivity index (χ3n) is 8.54. The van der Waals surface area contributed by atoms with Gasteiger partial charge in [0.2, 0.25) is 0 Å². The predicted octanol–water partition coefficient (Wildman–Crippen LogP) is 9.82. The Hall–Kier alpha value is -1.85. The van der Waals surface area contributed by atoms with Gasteiger partial charge in [-0.05, 0) is 62.0 Å². The number of nitrogens with zero attached hydrogens (tertiary/aromatic N) is 1. The van der Waals surface area contributed by atoms with Gasteiger partial charge in [-0.2, -0.15) is 5.26 Å². The third-order valence-corrected chi connectivity index (χ3v) is 8.54. The summed E-state index contributed by atoms with van der Waals surface area (Å²) in [6, 6.07) is 13.5. The summed E-state index contributed by atoms with van der Waals surface area (Å²) in [6.45, 7) is 5.38. The summed E-state index contributed by atoms with van der Waals surface area (Å²) in [4.78, 5) is 0. The molecule has 1 atom stereocenters. The molecule has 1 aromatic rings. The molecular weight excluding hydrogens is 426 g/mol. The second-order valence-corrected chi connectivity index (χ2v) is 11.1. The zero-order valence-corrected chi connectivity index (χ0v) is 22.6. The van der Waals surface area contributed by atoms with Gasteiger partial charge in [0.1, 0.15) is 0 Å². The van der Waals surface area contributed by atoms with Crippen LogP contribution in [0.25, 0.3) is 5.57 Å². The maximum Gasteiger partial charge on any atom is 0.0928 e. The number of hydrogen-bond donors (Lipinski definition) is 0. The summed E-state index contributed by atoms with van der Waals surface area (Å²) < 4.78 is 6.80. The molecule has 0 aromatic heterocycles. The molecule has 1 aromatic carbocycles. The van der Waals surface area contributed by atoms with Gasteiger partial charge in [0.25, 0.3) is 0 Å². The number of nitriles is 1. The first-order valence-corrected chi connectivity index (χ1v) is 14.7. The summed E-state index contributed by atoms with van der Waals surface area (Å²) in [6.07, 6.45) is 26.2. The van der Waals surface area contributed by atoms with Gasteiger partial charge in [0.05, 0.1) is 17.1 Å². The zero-order valence-electron chi connectivity index (χ0n) is 22.6. The summed E-state index contributed by atoms with van der Waals surface area (Å²) in [5, 5.41) is 10.1. The predicted molar refractivity (Wildman–Crippen MR) is 149 cm³/mol. The van der Waals surface area contributed by atoms with E-state index < -0.39 is 0 Å². The molecule has 2 heteroatoms. The van der Waals surface area contributed by atoms with Crippen LogP contribution in [0.3, 0.4) is 0 Å². The number of rotatable bonds is 15. The molecule has 2 aliphatic carbocycles. The lowest BCUT2D eigenvalue weighted by molar-refractivity contribution is -0.0685. The number of benzene rings is 1. The van der Waals surface area contributed by atoms with E-state index >= 15 is 0 Å². The van der Waals surface area contributed by atoms with Crippen LogP contribution in [0, 0.1) is 22.7 Å². The van der Waals surface area contributed by atoms with E-state index in [4.69, 9.17) is 4.74 Å². The van der Waals surface area contributed by atoms with Crippen LogP contribution in [0.4, 0.5) is 0 Å². The van der Waals surface area contributed by atoms with E-state index in [0.29, 0.717) is 5.92 Å². The molecule has 0 aliphatic heterocycles. The summed E-state index contributed by atoms with van der Waals surface area (Å²) in [5.41, 5.74) is 2.29. The highest BCUT2D eigenvalue weighted by Crippen LogP contribution is 2.49. The number of ether oxygens (including phenoxy) is 1. The maximum absolute atomic E-state index is 10.1. The Labute approximate surface area is 215 Å². The molecule has 0 heterocycles. The monoisotopic (exact) mass is 475 g/mol. The highest BCUT2D eigenvalue weighted by Gasteiger charge is 2.44. The van der Waals surface area contributed by atoms with E-state index in [0.717, 1.165) is 51.6 Å². The fraction of sp³-hybridized carbons (Fsp3) is 0.667. The van der Waals surface area contributed by atoms with Crippen LogP contribution in [0.1, 0.15) is 122 Å². The van der Waals surface area contributed by atoms with Gasteiger partial charge in [0.15, 0.2) is 0 Å². The molecular formula is C33H49NO. The first kappa shape index (κ1) is 27.7. The molecule has 1 fully saturated rings. The van der Waals surface area contributed by atoms with Crippen LogP contribution >= 0.6 is 0 Å². The van der Waals surface area contributed by atoms with E-state index in [9.17, 15) is 5.26 Å². The first-order valence-electron chi connectivity index (χ1n) is 14.7. The standard InChI is InChI=1S/C33H49NO/c1-3-5-7-9-10-15-27-35-33(25-18-30(19-26-33)29-16-12-11-13-17-29)31-20-23-32(28-34,24-21-31)22-14-8-6-4-2/h11-13,16-19,25,31H,3-10,14-15,20-24,26-27H2,1-2H3. The fourth-order valence-electron chi connectivity index (χ4n) is 6.12. The van der Waals surface area contributed by atoms with Gasteiger partial charge in [-0.25, -0.2) is 0 Å². The second-order valence-electron chi connectivity index (χ2n) is 11.1. The molecule has 2 aliphatic rings. The minimum Gasteiger partial charge on any atom is -0.370 e. The van der Waals surface area contributed by atoms with Crippen molar-refractivity contribution >= 4 is 5.57 Å². The quantitative estimate of drug-likeness (QED) is 0.236. The molecule has 192 valence electrons. The largest absolute Gasteiger partial charge is 0.370 e. The normalized spacial score (nSPS) is 26.3. The molecule has 0 radical (unpaired) electrons. The van der Waals surface area contributed by atoms with Crippen molar-refractivity contribution in [2.24, 2.45) is 11.3 Å². The molecule has 0 saturated heterocycles. The lowest BCUT2D eigenvalue weighted by Crippen LogP contribution is -2.43. The van der Waals surface area contributed by atoms with E-state index in [1.807, 2.05) is 0 Å². The Bertz CT molecular complexity index is 824. The molecule has 0 N–H and O–H groups in total. The molecule has 3 rings (SSSR count).